The maximum Gasteiger partial charge on any atom is 0.265 e. The van der Waals surface area contributed by atoms with Crippen molar-refractivity contribution in [3.8, 4) is 17.5 Å². The highest BCUT2D eigenvalue weighted by molar-refractivity contribution is 6.31. The summed E-state index contributed by atoms with van der Waals surface area (Å²) in [4.78, 5) is 16.4. The van der Waals surface area contributed by atoms with E-state index in [0.29, 0.717) is 27.7 Å². The molecule has 1 aromatic heterocycles. The van der Waals surface area contributed by atoms with Crippen molar-refractivity contribution >= 4 is 23.2 Å². The quantitative estimate of drug-likeness (QED) is 0.747. The Morgan fingerprint density at radius 3 is 2.73 bits per heavy atom. The predicted molar refractivity (Wildman–Crippen MR) is 96.2 cm³/mol. The predicted octanol–water partition coefficient (Wildman–Crippen LogP) is 3.20. The van der Waals surface area contributed by atoms with Gasteiger partial charge in [0.05, 0.1) is 23.0 Å². The number of nitriles is 1. The van der Waals surface area contributed by atoms with E-state index in [0.717, 1.165) is 0 Å². The van der Waals surface area contributed by atoms with Gasteiger partial charge in [-0.3, -0.25) is 4.79 Å². The molecule has 7 nitrogen and oxygen atoms in total. The number of nitrogens with one attached hydrogen (secondary N) is 1. The monoisotopic (exact) mass is 367 g/mol. The van der Waals surface area contributed by atoms with Crippen LogP contribution in [0.15, 0.2) is 55.1 Å². The van der Waals surface area contributed by atoms with Crippen molar-refractivity contribution in [1.29, 1.82) is 5.26 Å². The Kier molecular flexibility index (Phi) is 5.15. The second kappa shape index (κ2) is 7.68. The Bertz CT molecular complexity index is 949. The second-order valence-electron chi connectivity index (χ2n) is 5.39. The van der Waals surface area contributed by atoms with E-state index in [1.165, 1.54) is 17.3 Å². The molecule has 0 spiro atoms. The third-order valence-corrected chi connectivity index (χ3v) is 3.78. The van der Waals surface area contributed by atoms with Crippen LogP contribution in [0.4, 0.5) is 5.69 Å². The Morgan fingerprint density at radius 1 is 1.31 bits per heavy atom. The molecule has 0 bridgehead atoms. The zero-order chi connectivity index (χ0) is 18.5. The molecule has 26 heavy (non-hydrogen) atoms. The van der Waals surface area contributed by atoms with Crippen LogP contribution in [0, 0.1) is 11.3 Å². The zero-order valence-electron chi connectivity index (χ0n) is 13.8. The normalized spacial score (nSPS) is 11.4. The fourth-order valence-electron chi connectivity index (χ4n) is 2.24. The average Bonchev–Trinajstić information content (AvgIpc) is 3.17. The van der Waals surface area contributed by atoms with Gasteiger partial charge in [0, 0.05) is 5.02 Å². The van der Waals surface area contributed by atoms with E-state index in [9.17, 15) is 4.79 Å². The van der Waals surface area contributed by atoms with Gasteiger partial charge in [0.25, 0.3) is 5.91 Å². The third-order valence-electron chi connectivity index (χ3n) is 3.55. The largest absolute Gasteiger partial charge is 0.481 e. The molecule has 1 N–H and O–H groups in total. The molecule has 2 aromatic carbocycles. The summed E-state index contributed by atoms with van der Waals surface area (Å²) < 4.78 is 7.15. The summed E-state index contributed by atoms with van der Waals surface area (Å²) >= 11 is 6.05. The highest BCUT2D eigenvalue weighted by Crippen LogP contribution is 2.24. The number of aromatic nitrogens is 3. The number of halogens is 1. The van der Waals surface area contributed by atoms with E-state index in [2.05, 4.69) is 15.4 Å². The SMILES string of the molecule is CC(Oc1ccc(C#N)cc1)C(=O)Nc1cc(Cl)ccc1-n1cncn1. The molecule has 0 fully saturated rings. The van der Waals surface area contributed by atoms with Gasteiger partial charge >= 0.3 is 0 Å². The lowest BCUT2D eigenvalue weighted by Gasteiger charge is -2.16. The molecule has 0 aliphatic rings. The molecule has 1 heterocycles. The summed E-state index contributed by atoms with van der Waals surface area (Å²) in [5.74, 6) is 0.146. The molecule has 8 heteroatoms. The Balaban J connectivity index is 1.75. The molecule has 0 aliphatic carbocycles. The average molecular weight is 368 g/mol. The van der Waals surface area contributed by atoms with E-state index in [-0.39, 0.29) is 5.91 Å². The number of carbonyl (C=O) groups is 1. The van der Waals surface area contributed by atoms with E-state index in [1.54, 1.807) is 49.4 Å². The first-order valence-corrected chi connectivity index (χ1v) is 8.07. The van der Waals surface area contributed by atoms with Gasteiger partial charge in [-0.25, -0.2) is 9.67 Å². The van der Waals surface area contributed by atoms with Crippen molar-refractivity contribution in [1.82, 2.24) is 14.8 Å². The molecular formula is C18H14ClN5O2. The maximum atomic E-state index is 12.5. The van der Waals surface area contributed by atoms with Crippen molar-refractivity contribution in [3.63, 3.8) is 0 Å². The van der Waals surface area contributed by atoms with E-state index in [4.69, 9.17) is 21.6 Å². The van der Waals surface area contributed by atoms with Crippen LogP contribution in [0.3, 0.4) is 0 Å². The highest BCUT2D eigenvalue weighted by Gasteiger charge is 2.17. The number of carbonyl (C=O) groups excluding carboxylic acids is 1. The van der Waals surface area contributed by atoms with Crippen molar-refractivity contribution in [2.45, 2.75) is 13.0 Å². The first-order valence-electron chi connectivity index (χ1n) is 7.69. The zero-order valence-corrected chi connectivity index (χ0v) is 14.5. The summed E-state index contributed by atoms with van der Waals surface area (Å²) in [6, 6.07) is 13.6. The Labute approximate surface area is 154 Å². The topological polar surface area (TPSA) is 92.8 Å². The third kappa shape index (κ3) is 3.99. The number of rotatable bonds is 5. The van der Waals surface area contributed by atoms with Crippen molar-refractivity contribution in [3.05, 3.63) is 65.7 Å². The maximum absolute atomic E-state index is 12.5. The van der Waals surface area contributed by atoms with Crippen molar-refractivity contribution in [2.75, 3.05) is 5.32 Å². The molecule has 0 saturated heterocycles. The van der Waals surface area contributed by atoms with Gasteiger partial charge in [0.15, 0.2) is 6.10 Å². The molecule has 0 aliphatic heterocycles. The molecule has 3 rings (SSSR count). The minimum atomic E-state index is -0.759. The summed E-state index contributed by atoms with van der Waals surface area (Å²) in [6.07, 6.45) is 2.16. The molecule has 1 amide bonds. The molecule has 0 radical (unpaired) electrons. The van der Waals surface area contributed by atoms with Gasteiger partial charge < -0.3 is 10.1 Å². The molecule has 0 saturated carbocycles. The molecule has 130 valence electrons. The molecular weight excluding hydrogens is 354 g/mol. The van der Waals surface area contributed by atoms with Crippen molar-refractivity contribution < 1.29 is 9.53 Å². The van der Waals surface area contributed by atoms with Gasteiger partial charge in [-0.05, 0) is 49.4 Å². The highest BCUT2D eigenvalue weighted by atomic mass is 35.5. The lowest BCUT2D eigenvalue weighted by Crippen LogP contribution is -2.30. The van der Waals surface area contributed by atoms with Crippen LogP contribution in [0.2, 0.25) is 5.02 Å². The number of anilines is 1. The summed E-state index contributed by atoms with van der Waals surface area (Å²) in [7, 11) is 0. The van der Waals surface area contributed by atoms with Crippen LogP contribution in [0.25, 0.3) is 5.69 Å². The first kappa shape index (κ1) is 17.5. The van der Waals surface area contributed by atoms with E-state index >= 15 is 0 Å². The van der Waals surface area contributed by atoms with Gasteiger partial charge in [0.2, 0.25) is 0 Å². The number of ether oxygens (including phenoxy) is 1. The van der Waals surface area contributed by atoms with Crippen LogP contribution >= 0.6 is 11.6 Å². The Hall–Kier alpha value is -3.37. The Morgan fingerprint density at radius 2 is 2.08 bits per heavy atom. The van der Waals surface area contributed by atoms with E-state index in [1.807, 2.05) is 6.07 Å². The smallest absolute Gasteiger partial charge is 0.265 e. The van der Waals surface area contributed by atoms with Gasteiger partial charge in [-0.1, -0.05) is 11.6 Å². The van der Waals surface area contributed by atoms with E-state index < -0.39 is 6.10 Å². The second-order valence-corrected chi connectivity index (χ2v) is 5.82. The van der Waals surface area contributed by atoms with Crippen LogP contribution in [-0.4, -0.2) is 26.8 Å². The summed E-state index contributed by atoms with van der Waals surface area (Å²) in [5, 5.41) is 16.1. The number of benzene rings is 2. The van der Waals surface area contributed by atoms with Crippen LogP contribution in [0.1, 0.15) is 12.5 Å². The number of hydrogen-bond donors (Lipinski definition) is 1. The molecule has 1 unspecified atom stereocenters. The summed E-state index contributed by atoms with van der Waals surface area (Å²) in [6.45, 7) is 1.63. The lowest BCUT2D eigenvalue weighted by molar-refractivity contribution is -0.122. The lowest BCUT2D eigenvalue weighted by atomic mass is 10.2. The van der Waals surface area contributed by atoms with Crippen LogP contribution in [0.5, 0.6) is 5.75 Å². The minimum Gasteiger partial charge on any atom is -0.481 e. The standard InChI is InChI=1S/C18H14ClN5O2/c1-12(26-15-5-2-13(9-20)3-6-15)18(25)23-16-8-14(19)4-7-17(16)24-11-21-10-22-24/h2-8,10-12H,1H3,(H,23,25). The van der Waals surface area contributed by atoms with Crippen LogP contribution in [-0.2, 0) is 4.79 Å². The first-order chi connectivity index (χ1) is 12.6. The molecule has 1 atom stereocenters. The fourth-order valence-corrected chi connectivity index (χ4v) is 2.41. The van der Waals surface area contributed by atoms with Gasteiger partial charge in [-0.15, -0.1) is 0 Å². The van der Waals surface area contributed by atoms with Crippen molar-refractivity contribution in [2.24, 2.45) is 0 Å². The number of amides is 1. The van der Waals surface area contributed by atoms with Crippen LogP contribution < -0.4 is 10.1 Å². The van der Waals surface area contributed by atoms with Gasteiger partial charge in [0.1, 0.15) is 18.4 Å². The minimum absolute atomic E-state index is 0.349. The number of nitrogens with zero attached hydrogens (tertiary/aromatic N) is 4. The number of hydrogen-bond acceptors (Lipinski definition) is 5. The van der Waals surface area contributed by atoms with Gasteiger partial charge in [-0.2, -0.15) is 10.4 Å². The summed E-state index contributed by atoms with van der Waals surface area (Å²) in [5.41, 5.74) is 1.64. The molecule has 3 aromatic rings. The fraction of sp³-hybridized carbons (Fsp3) is 0.111.